The monoisotopic (exact) mass is 481 g/mol. The molecule has 2 aromatic heterocycles. The molecule has 0 radical (unpaired) electrons. The summed E-state index contributed by atoms with van der Waals surface area (Å²) in [5.41, 5.74) is 2.42. The van der Waals surface area contributed by atoms with Crippen molar-refractivity contribution in [2.24, 2.45) is 7.05 Å². The lowest BCUT2D eigenvalue weighted by atomic mass is 9.72. The van der Waals surface area contributed by atoms with Gasteiger partial charge in [0, 0.05) is 26.0 Å². The number of ether oxygens (including phenoxy) is 1. The normalized spacial score (nSPS) is 21.6. The van der Waals surface area contributed by atoms with Crippen LogP contribution in [-0.4, -0.2) is 51.9 Å². The summed E-state index contributed by atoms with van der Waals surface area (Å²) in [6.07, 6.45) is 4.03. The predicted molar refractivity (Wildman–Crippen MR) is 128 cm³/mol. The van der Waals surface area contributed by atoms with E-state index in [0.29, 0.717) is 6.42 Å². The van der Waals surface area contributed by atoms with Crippen LogP contribution in [0.4, 0.5) is 0 Å². The highest BCUT2D eigenvalue weighted by molar-refractivity contribution is 7.99. The van der Waals surface area contributed by atoms with E-state index in [1.165, 1.54) is 22.9 Å². The van der Waals surface area contributed by atoms with Crippen molar-refractivity contribution in [2.75, 3.05) is 20.2 Å². The number of carbonyl (C=O) groups excluding carboxylic acids is 1. The molecule has 1 spiro atoms. The van der Waals surface area contributed by atoms with Gasteiger partial charge in [-0.25, -0.2) is 0 Å². The first-order valence-corrected chi connectivity index (χ1v) is 12.6. The fourth-order valence-corrected chi connectivity index (χ4v) is 6.23. The van der Waals surface area contributed by atoms with E-state index in [4.69, 9.17) is 9.15 Å². The fourth-order valence-electron chi connectivity index (χ4n) is 5.49. The summed E-state index contributed by atoms with van der Waals surface area (Å²) >= 11 is 1.47. The van der Waals surface area contributed by atoms with E-state index in [1.807, 2.05) is 30.7 Å². The minimum atomic E-state index is -0.106. The molecule has 0 unspecified atom stereocenters. The number of piperidine rings is 1. The van der Waals surface area contributed by atoms with Gasteiger partial charge in [-0.3, -0.25) is 9.69 Å². The highest BCUT2D eigenvalue weighted by atomic mass is 32.2. The maximum Gasteiger partial charge on any atom is 0.220 e. The van der Waals surface area contributed by atoms with E-state index in [9.17, 15) is 4.79 Å². The first-order chi connectivity index (χ1) is 16.5. The molecule has 180 valence electrons. The van der Waals surface area contributed by atoms with Crippen molar-refractivity contribution in [1.29, 1.82) is 0 Å². The molecular formula is C25H31N5O3S. The average molecular weight is 482 g/mol. The lowest BCUT2D eigenvalue weighted by molar-refractivity contribution is -0.123. The number of aromatic nitrogens is 3. The van der Waals surface area contributed by atoms with Gasteiger partial charge in [-0.2, -0.15) is 0 Å². The van der Waals surface area contributed by atoms with Gasteiger partial charge in [0.2, 0.25) is 5.91 Å². The van der Waals surface area contributed by atoms with Gasteiger partial charge in [-0.1, -0.05) is 31.2 Å². The molecule has 9 heteroatoms. The van der Waals surface area contributed by atoms with E-state index in [0.717, 1.165) is 48.5 Å². The van der Waals surface area contributed by atoms with Crippen molar-refractivity contribution < 1.29 is 13.9 Å². The molecule has 1 N–H and O–H groups in total. The summed E-state index contributed by atoms with van der Waals surface area (Å²) in [4.78, 5) is 14.7. The van der Waals surface area contributed by atoms with Crippen molar-refractivity contribution in [2.45, 2.75) is 60.5 Å². The Labute approximate surface area is 204 Å². The zero-order valence-corrected chi connectivity index (χ0v) is 20.7. The van der Waals surface area contributed by atoms with Crippen LogP contribution in [0.15, 0.2) is 57.4 Å². The molecular weight excluding hydrogens is 450 g/mol. The molecule has 1 saturated heterocycles. The molecule has 1 aromatic carbocycles. The first-order valence-electron chi connectivity index (χ1n) is 11.8. The van der Waals surface area contributed by atoms with Crippen molar-refractivity contribution >= 4 is 17.7 Å². The Bertz CT molecular complexity index is 1150. The quantitative estimate of drug-likeness (QED) is 0.551. The number of carbonyl (C=O) groups is 1. The van der Waals surface area contributed by atoms with Crippen LogP contribution in [0.1, 0.15) is 49.1 Å². The zero-order valence-electron chi connectivity index (χ0n) is 19.9. The number of nitrogens with one attached hydrogen (secondary N) is 1. The van der Waals surface area contributed by atoms with Crippen molar-refractivity contribution in [1.82, 2.24) is 25.0 Å². The second-order valence-corrected chi connectivity index (χ2v) is 10.1. The third kappa shape index (κ3) is 4.16. The van der Waals surface area contributed by atoms with Gasteiger partial charge >= 0.3 is 0 Å². The first kappa shape index (κ1) is 23.1. The molecule has 8 nitrogen and oxygen atoms in total. The number of hydrogen-bond donors (Lipinski definition) is 1. The van der Waals surface area contributed by atoms with Crippen LogP contribution < -0.4 is 5.32 Å². The third-order valence-corrected chi connectivity index (χ3v) is 8.17. The average Bonchev–Trinajstić information content (AvgIpc) is 3.54. The van der Waals surface area contributed by atoms with Gasteiger partial charge in [-0.05, 0) is 61.0 Å². The molecule has 2 aliphatic rings. The molecule has 2 atom stereocenters. The zero-order chi connectivity index (χ0) is 23.7. The van der Waals surface area contributed by atoms with Crippen molar-refractivity contribution in [3.63, 3.8) is 0 Å². The highest BCUT2D eigenvalue weighted by Gasteiger charge is 2.53. The van der Waals surface area contributed by atoms with Gasteiger partial charge in [0.05, 0.1) is 18.7 Å². The number of methoxy groups -OCH3 is 1. The standard InChI is InChI=1S/C25H31N5O3S/c1-4-20(31)27-22-18-7-5-6-8-19(18)25(23(22)32-3)11-13-30(14-12-25)15-17-9-10-21(33-17)34-24-28-26-16-29(24)2/h5-10,16,22-23H,4,11-15H2,1-3H3,(H,27,31)/t22-,23+/m1/s1. The maximum atomic E-state index is 12.3. The summed E-state index contributed by atoms with van der Waals surface area (Å²) in [6.45, 7) is 4.53. The van der Waals surface area contributed by atoms with Crippen LogP contribution in [-0.2, 0) is 28.5 Å². The Morgan fingerprint density at radius 2 is 2.06 bits per heavy atom. The summed E-state index contributed by atoms with van der Waals surface area (Å²) < 4.78 is 14.0. The lowest BCUT2D eigenvalue weighted by Gasteiger charge is -2.44. The van der Waals surface area contributed by atoms with Crippen molar-refractivity contribution in [3.8, 4) is 0 Å². The summed E-state index contributed by atoms with van der Waals surface area (Å²) in [7, 11) is 3.69. The minimum Gasteiger partial charge on any atom is -0.453 e. The molecule has 34 heavy (non-hydrogen) atoms. The number of fused-ring (bicyclic) bond motifs is 2. The fraction of sp³-hybridized carbons (Fsp3) is 0.480. The smallest absolute Gasteiger partial charge is 0.220 e. The van der Waals surface area contributed by atoms with Gasteiger partial charge < -0.3 is 19.0 Å². The Kier molecular flexibility index (Phi) is 6.50. The number of rotatable bonds is 7. The molecule has 0 bridgehead atoms. The summed E-state index contributed by atoms with van der Waals surface area (Å²) in [5, 5.41) is 12.9. The van der Waals surface area contributed by atoms with Crippen LogP contribution in [0.2, 0.25) is 0 Å². The largest absolute Gasteiger partial charge is 0.453 e. The Balaban J connectivity index is 1.28. The van der Waals surface area contributed by atoms with E-state index in [2.05, 4.69) is 44.7 Å². The molecule has 1 aliphatic carbocycles. The number of aryl methyl sites for hydroxylation is 1. The number of amides is 1. The maximum absolute atomic E-state index is 12.3. The van der Waals surface area contributed by atoms with Crippen LogP contribution in [0.3, 0.4) is 0 Å². The number of hydrogen-bond acceptors (Lipinski definition) is 7. The van der Waals surface area contributed by atoms with Gasteiger partial charge in [0.1, 0.15) is 12.1 Å². The number of nitrogens with zero attached hydrogens (tertiary/aromatic N) is 4. The van der Waals surface area contributed by atoms with Crippen LogP contribution in [0.25, 0.3) is 0 Å². The summed E-state index contributed by atoms with van der Waals surface area (Å²) in [6, 6.07) is 12.4. The molecule has 3 aromatic rings. The molecule has 1 fully saturated rings. The second-order valence-electron chi connectivity index (χ2n) is 9.12. The molecule has 0 saturated carbocycles. The third-order valence-electron chi connectivity index (χ3n) is 7.20. The Morgan fingerprint density at radius 3 is 2.76 bits per heavy atom. The number of likely N-dealkylation sites (tertiary alicyclic amines) is 1. The van der Waals surface area contributed by atoms with Gasteiger partial charge in [0.15, 0.2) is 10.2 Å². The predicted octanol–water partition coefficient (Wildman–Crippen LogP) is 3.69. The van der Waals surface area contributed by atoms with Gasteiger partial charge in [0.25, 0.3) is 0 Å². The van der Waals surface area contributed by atoms with Crippen LogP contribution in [0, 0.1) is 0 Å². The number of furan rings is 1. The van der Waals surface area contributed by atoms with E-state index in [-0.39, 0.29) is 23.5 Å². The topological polar surface area (TPSA) is 85.4 Å². The van der Waals surface area contributed by atoms with E-state index in [1.54, 1.807) is 13.4 Å². The summed E-state index contributed by atoms with van der Waals surface area (Å²) in [5.74, 6) is 1.01. The van der Waals surface area contributed by atoms with Gasteiger partial charge in [-0.15, -0.1) is 10.2 Å². The lowest BCUT2D eigenvalue weighted by Crippen LogP contribution is -2.50. The van der Waals surface area contributed by atoms with E-state index < -0.39 is 0 Å². The molecule has 1 aliphatic heterocycles. The minimum absolute atomic E-state index is 0.0594. The molecule has 1 amide bonds. The van der Waals surface area contributed by atoms with E-state index >= 15 is 0 Å². The Morgan fingerprint density at radius 1 is 1.26 bits per heavy atom. The highest BCUT2D eigenvalue weighted by Crippen LogP contribution is 2.52. The molecule has 3 heterocycles. The van der Waals surface area contributed by atoms with Crippen LogP contribution in [0.5, 0.6) is 0 Å². The Hall–Kier alpha value is -2.62. The SMILES string of the molecule is CCC(=O)N[C@@H]1c2ccccc2C2(CCN(Cc3ccc(Sc4nncn4C)o3)CC2)[C@H]1OC. The van der Waals surface area contributed by atoms with Crippen LogP contribution >= 0.6 is 11.8 Å². The molecule has 5 rings (SSSR count). The second kappa shape index (κ2) is 9.56. The number of benzene rings is 1. The van der Waals surface area contributed by atoms with Crippen molar-refractivity contribution in [3.05, 3.63) is 59.6 Å².